The molecular weight excluding hydrogens is 328 g/mol. The van der Waals surface area contributed by atoms with Crippen molar-refractivity contribution < 1.29 is 13.5 Å². The van der Waals surface area contributed by atoms with Crippen LogP contribution in [-0.4, -0.2) is 12.6 Å². The molecule has 0 aromatic heterocycles. The Morgan fingerprint density at radius 2 is 2.05 bits per heavy atom. The number of hydrogen-bond donors (Lipinski definition) is 1. The molecule has 1 aliphatic rings. The molecule has 3 rings (SSSR count). The number of hydrogen-bond acceptors (Lipinski definition) is 2. The monoisotopic (exact) mass is 339 g/mol. The number of para-hydroxylation sites is 1. The van der Waals surface area contributed by atoms with Gasteiger partial charge < -0.3 is 10.1 Å². The Balaban J connectivity index is 1.67. The third kappa shape index (κ3) is 2.63. The molecule has 20 heavy (non-hydrogen) atoms. The first-order valence-corrected chi connectivity index (χ1v) is 7.06. The maximum Gasteiger partial charge on any atom is 0.150 e. The van der Waals surface area contributed by atoms with E-state index in [1.807, 2.05) is 24.3 Å². The highest BCUT2D eigenvalue weighted by Gasteiger charge is 2.22. The molecule has 0 fully saturated rings. The summed E-state index contributed by atoms with van der Waals surface area (Å²) in [6.07, 6.45) is 0.729. The molecule has 104 valence electrons. The van der Waals surface area contributed by atoms with Crippen LogP contribution < -0.4 is 10.1 Å². The zero-order valence-corrected chi connectivity index (χ0v) is 12.1. The topological polar surface area (TPSA) is 21.3 Å². The molecule has 0 spiro atoms. The molecule has 2 aromatic rings. The van der Waals surface area contributed by atoms with Gasteiger partial charge in [-0.25, -0.2) is 8.78 Å². The van der Waals surface area contributed by atoms with Gasteiger partial charge in [0, 0.05) is 17.0 Å². The number of halogens is 3. The molecule has 1 aliphatic heterocycles. The molecule has 2 aromatic carbocycles. The van der Waals surface area contributed by atoms with E-state index in [0.717, 1.165) is 23.8 Å². The van der Waals surface area contributed by atoms with Crippen LogP contribution in [0.25, 0.3) is 0 Å². The van der Waals surface area contributed by atoms with Gasteiger partial charge in [0.05, 0.1) is 12.2 Å². The van der Waals surface area contributed by atoms with E-state index in [4.69, 9.17) is 4.74 Å². The molecule has 0 aliphatic carbocycles. The van der Waals surface area contributed by atoms with Crippen LogP contribution in [0.15, 0.2) is 40.9 Å². The van der Waals surface area contributed by atoms with Crippen LogP contribution in [0.4, 0.5) is 14.5 Å². The Hall–Kier alpha value is -1.62. The van der Waals surface area contributed by atoms with Crippen molar-refractivity contribution in [2.75, 3.05) is 11.9 Å². The van der Waals surface area contributed by atoms with Crippen LogP contribution >= 0.6 is 15.9 Å². The molecule has 2 nitrogen and oxygen atoms in total. The average Bonchev–Trinajstić information content (AvgIpc) is 2.80. The first-order valence-electron chi connectivity index (χ1n) is 6.26. The molecule has 5 heteroatoms. The van der Waals surface area contributed by atoms with Crippen LogP contribution in [-0.2, 0) is 6.42 Å². The van der Waals surface area contributed by atoms with Gasteiger partial charge in [0.25, 0.3) is 0 Å². The van der Waals surface area contributed by atoms with E-state index < -0.39 is 11.6 Å². The highest BCUT2D eigenvalue weighted by Crippen LogP contribution is 2.30. The third-order valence-electron chi connectivity index (χ3n) is 3.23. The lowest BCUT2D eigenvalue weighted by molar-refractivity contribution is 0.246. The molecule has 1 heterocycles. The minimum Gasteiger partial charge on any atom is -0.488 e. The number of fused-ring (bicyclic) bond motifs is 1. The van der Waals surface area contributed by atoms with Crippen LogP contribution in [0, 0.1) is 11.6 Å². The summed E-state index contributed by atoms with van der Waals surface area (Å²) >= 11 is 3.15. The Labute approximate surface area is 123 Å². The van der Waals surface area contributed by atoms with Crippen molar-refractivity contribution in [1.29, 1.82) is 0 Å². The summed E-state index contributed by atoms with van der Waals surface area (Å²) in [6, 6.07) is 9.92. The molecule has 0 saturated carbocycles. The summed E-state index contributed by atoms with van der Waals surface area (Å²) in [7, 11) is 0. The van der Waals surface area contributed by atoms with Gasteiger partial charge in [-0.1, -0.05) is 18.2 Å². The molecule has 0 saturated heterocycles. The number of ether oxygens (including phenoxy) is 1. The predicted octanol–water partition coefficient (Wildman–Crippen LogP) is 4.14. The molecule has 1 N–H and O–H groups in total. The first kappa shape index (κ1) is 13.4. The second-order valence-electron chi connectivity index (χ2n) is 4.68. The van der Waals surface area contributed by atoms with E-state index in [2.05, 4.69) is 21.2 Å². The van der Waals surface area contributed by atoms with E-state index >= 15 is 0 Å². The van der Waals surface area contributed by atoms with Crippen LogP contribution in [0.2, 0.25) is 0 Å². The van der Waals surface area contributed by atoms with Crippen molar-refractivity contribution in [3.63, 3.8) is 0 Å². The first-order chi connectivity index (χ1) is 9.63. The van der Waals surface area contributed by atoms with Gasteiger partial charge in [-0.15, -0.1) is 0 Å². The van der Waals surface area contributed by atoms with E-state index in [1.165, 1.54) is 6.07 Å². The minimum absolute atomic E-state index is 0.0521. The fraction of sp³-hybridized carbons (Fsp3) is 0.200. The number of nitrogens with one attached hydrogen (secondary N) is 1. The normalized spacial score (nSPS) is 16.6. The lowest BCUT2D eigenvalue weighted by Gasteiger charge is -2.14. The molecule has 0 bridgehead atoms. The predicted molar refractivity (Wildman–Crippen MR) is 77.1 cm³/mol. The van der Waals surface area contributed by atoms with Crippen molar-refractivity contribution in [2.24, 2.45) is 0 Å². The maximum atomic E-state index is 13.7. The second kappa shape index (κ2) is 5.40. The van der Waals surface area contributed by atoms with Gasteiger partial charge in [0.2, 0.25) is 0 Å². The summed E-state index contributed by atoms with van der Waals surface area (Å²) < 4.78 is 32.8. The average molecular weight is 340 g/mol. The zero-order chi connectivity index (χ0) is 14.1. The summed E-state index contributed by atoms with van der Waals surface area (Å²) in [4.78, 5) is 0. The van der Waals surface area contributed by atoms with Crippen LogP contribution in [0.3, 0.4) is 0 Å². The molecular formula is C15H12BrF2NO. The molecule has 0 amide bonds. The van der Waals surface area contributed by atoms with Gasteiger partial charge >= 0.3 is 0 Å². The van der Waals surface area contributed by atoms with Gasteiger partial charge in [0.15, 0.2) is 0 Å². The maximum absolute atomic E-state index is 13.7. The Bertz CT molecular complexity index is 600. The summed E-state index contributed by atoms with van der Waals surface area (Å²) in [5.74, 6) is -0.352. The van der Waals surface area contributed by atoms with Crippen molar-refractivity contribution in [3.05, 3.63) is 58.1 Å². The lowest BCUT2D eigenvalue weighted by atomic mass is 10.1. The van der Waals surface area contributed by atoms with Gasteiger partial charge in [0.1, 0.15) is 23.5 Å². The largest absolute Gasteiger partial charge is 0.488 e. The van der Waals surface area contributed by atoms with Crippen LogP contribution in [0.1, 0.15) is 5.56 Å². The Morgan fingerprint density at radius 3 is 2.80 bits per heavy atom. The lowest BCUT2D eigenvalue weighted by Crippen LogP contribution is -2.24. The number of rotatable bonds is 3. The summed E-state index contributed by atoms with van der Waals surface area (Å²) in [5.41, 5.74) is 1.41. The number of anilines is 1. The van der Waals surface area contributed by atoms with Gasteiger partial charge in [-0.05, 0) is 33.6 Å². The highest BCUT2D eigenvalue weighted by atomic mass is 79.9. The SMILES string of the molecule is Fc1cc(F)c(NCC2Cc3ccccc3O2)c(Br)c1. The van der Waals surface area contributed by atoms with Crippen molar-refractivity contribution >= 4 is 21.6 Å². The zero-order valence-electron chi connectivity index (χ0n) is 10.5. The summed E-state index contributed by atoms with van der Waals surface area (Å²) in [5, 5.41) is 2.97. The smallest absolute Gasteiger partial charge is 0.150 e. The van der Waals surface area contributed by atoms with E-state index in [9.17, 15) is 8.78 Å². The second-order valence-corrected chi connectivity index (χ2v) is 5.53. The van der Waals surface area contributed by atoms with Crippen molar-refractivity contribution in [1.82, 2.24) is 0 Å². The fourth-order valence-electron chi connectivity index (χ4n) is 2.29. The van der Waals surface area contributed by atoms with Gasteiger partial charge in [-0.3, -0.25) is 0 Å². The Morgan fingerprint density at radius 1 is 1.25 bits per heavy atom. The van der Waals surface area contributed by atoms with Gasteiger partial charge in [-0.2, -0.15) is 0 Å². The van der Waals surface area contributed by atoms with Crippen LogP contribution in [0.5, 0.6) is 5.75 Å². The minimum atomic E-state index is -0.618. The Kier molecular flexibility index (Phi) is 3.61. The highest BCUT2D eigenvalue weighted by molar-refractivity contribution is 9.10. The number of benzene rings is 2. The van der Waals surface area contributed by atoms with Crippen molar-refractivity contribution in [3.8, 4) is 5.75 Å². The standard InChI is InChI=1S/C15H12BrF2NO/c16-12-6-10(17)7-13(18)15(12)19-8-11-5-9-3-1-2-4-14(9)20-11/h1-4,6-7,11,19H,5,8H2. The molecule has 1 atom stereocenters. The molecule has 1 unspecified atom stereocenters. The van der Waals surface area contributed by atoms with E-state index in [-0.39, 0.29) is 11.8 Å². The fourth-order valence-corrected chi connectivity index (χ4v) is 2.84. The molecule has 0 radical (unpaired) electrons. The van der Waals surface area contributed by atoms with Crippen molar-refractivity contribution in [2.45, 2.75) is 12.5 Å². The summed E-state index contributed by atoms with van der Waals surface area (Å²) in [6.45, 7) is 0.454. The third-order valence-corrected chi connectivity index (χ3v) is 3.85. The van der Waals surface area contributed by atoms with E-state index in [0.29, 0.717) is 11.0 Å². The van der Waals surface area contributed by atoms with E-state index in [1.54, 1.807) is 0 Å². The quantitative estimate of drug-likeness (QED) is 0.907.